The predicted molar refractivity (Wildman–Crippen MR) is 109 cm³/mol. The van der Waals surface area contributed by atoms with Gasteiger partial charge in [-0.15, -0.1) is 11.3 Å². The number of hydrogen-bond acceptors (Lipinski definition) is 7. The van der Waals surface area contributed by atoms with Gasteiger partial charge < -0.3 is 5.11 Å². The van der Waals surface area contributed by atoms with Crippen LogP contribution >= 0.6 is 11.3 Å². The molecule has 4 aromatic rings. The van der Waals surface area contributed by atoms with Crippen molar-refractivity contribution >= 4 is 22.2 Å². The van der Waals surface area contributed by atoms with Crippen LogP contribution in [0.1, 0.15) is 18.9 Å². The third kappa shape index (κ3) is 3.56. The SMILES string of the molecule is Cc1ncc(-c2cc3c(=O)n(CC(C)(C)O)cnc3c(-c3cccnc3)n2)s1. The van der Waals surface area contributed by atoms with Gasteiger partial charge in [0.05, 0.1) is 45.1 Å². The number of nitrogens with zero attached hydrogens (tertiary/aromatic N) is 5. The quantitative estimate of drug-likeness (QED) is 0.573. The smallest absolute Gasteiger partial charge is 0.261 e. The van der Waals surface area contributed by atoms with Gasteiger partial charge in [-0.1, -0.05) is 0 Å². The first-order valence-corrected chi connectivity index (χ1v) is 9.59. The normalized spacial score (nSPS) is 11.9. The predicted octanol–water partition coefficient (Wildman–Crippen LogP) is 3.06. The van der Waals surface area contributed by atoms with Crippen molar-refractivity contribution in [3.8, 4) is 21.8 Å². The van der Waals surface area contributed by atoms with Crippen molar-refractivity contribution in [1.29, 1.82) is 0 Å². The maximum absolute atomic E-state index is 13.1. The molecule has 0 aliphatic rings. The van der Waals surface area contributed by atoms with Crippen LogP contribution in [-0.4, -0.2) is 35.2 Å². The Kier molecular flexibility index (Phi) is 4.52. The molecule has 0 fully saturated rings. The Morgan fingerprint density at radius 3 is 2.71 bits per heavy atom. The average molecular weight is 393 g/mol. The van der Waals surface area contributed by atoms with Crippen LogP contribution in [0.4, 0.5) is 0 Å². The Hall–Kier alpha value is -2.97. The molecule has 0 aliphatic heterocycles. The summed E-state index contributed by atoms with van der Waals surface area (Å²) in [6, 6.07) is 5.46. The molecule has 0 aromatic carbocycles. The number of aliphatic hydroxyl groups is 1. The van der Waals surface area contributed by atoms with E-state index in [-0.39, 0.29) is 12.1 Å². The van der Waals surface area contributed by atoms with Crippen molar-refractivity contribution in [3.05, 3.63) is 58.5 Å². The highest BCUT2D eigenvalue weighted by atomic mass is 32.1. The van der Waals surface area contributed by atoms with E-state index in [1.165, 1.54) is 22.2 Å². The summed E-state index contributed by atoms with van der Waals surface area (Å²) in [7, 11) is 0. The third-order valence-electron chi connectivity index (χ3n) is 4.18. The summed E-state index contributed by atoms with van der Waals surface area (Å²) >= 11 is 1.51. The Morgan fingerprint density at radius 2 is 2.07 bits per heavy atom. The van der Waals surface area contributed by atoms with E-state index in [1.807, 2.05) is 19.1 Å². The molecule has 28 heavy (non-hydrogen) atoms. The molecule has 0 amide bonds. The van der Waals surface area contributed by atoms with E-state index in [0.717, 1.165) is 15.4 Å². The molecule has 0 saturated heterocycles. The zero-order valence-corrected chi connectivity index (χ0v) is 16.6. The minimum Gasteiger partial charge on any atom is -0.389 e. The van der Waals surface area contributed by atoms with E-state index in [9.17, 15) is 9.90 Å². The van der Waals surface area contributed by atoms with Crippen LogP contribution in [0.2, 0.25) is 0 Å². The van der Waals surface area contributed by atoms with Crippen LogP contribution < -0.4 is 5.56 Å². The second kappa shape index (κ2) is 6.88. The summed E-state index contributed by atoms with van der Waals surface area (Å²) in [5.41, 5.74) is 1.30. The third-order valence-corrected chi connectivity index (χ3v) is 5.11. The monoisotopic (exact) mass is 393 g/mol. The Bertz CT molecular complexity index is 1210. The van der Waals surface area contributed by atoms with Crippen LogP contribution in [0.15, 0.2) is 47.9 Å². The van der Waals surface area contributed by atoms with Crippen molar-refractivity contribution in [2.24, 2.45) is 0 Å². The molecule has 8 heteroatoms. The molecule has 0 unspecified atom stereocenters. The average Bonchev–Trinajstić information content (AvgIpc) is 3.09. The summed E-state index contributed by atoms with van der Waals surface area (Å²) in [6.45, 7) is 5.38. The second-order valence-electron chi connectivity index (χ2n) is 7.23. The molecule has 4 aromatic heterocycles. The van der Waals surface area contributed by atoms with Gasteiger partial charge >= 0.3 is 0 Å². The number of thiazole rings is 1. The maximum atomic E-state index is 13.1. The van der Waals surface area contributed by atoms with Gasteiger partial charge in [-0.05, 0) is 39.0 Å². The fraction of sp³-hybridized carbons (Fsp3) is 0.250. The Balaban J connectivity index is 2.01. The van der Waals surface area contributed by atoms with Crippen LogP contribution in [-0.2, 0) is 6.54 Å². The van der Waals surface area contributed by atoms with Crippen molar-refractivity contribution < 1.29 is 5.11 Å². The number of fused-ring (bicyclic) bond motifs is 1. The first-order chi connectivity index (χ1) is 13.3. The number of pyridine rings is 2. The van der Waals surface area contributed by atoms with Gasteiger partial charge in [0.15, 0.2) is 0 Å². The lowest BCUT2D eigenvalue weighted by atomic mass is 10.1. The minimum absolute atomic E-state index is 0.147. The minimum atomic E-state index is -1.03. The molecule has 0 aliphatic carbocycles. The largest absolute Gasteiger partial charge is 0.389 e. The van der Waals surface area contributed by atoms with Crippen molar-refractivity contribution in [2.45, 2.75) is 32.9 Å². The first-order valence-electron chi connectivity index (χ1n) is 8.77. The van der Waals surface area contributed by atoms with Crippen molar-refractivity contribution in [1.82, 2.24) is 24.5 Å². The van der Waals surface area contributed by atoms with Crippen LogP contribution in [0.25, 0.3) is 32.7 Å². The molecule has 0 radical (unpaired) electrons. The van der Waals surface area contributed by atoms with E-state index in [4.69, 9.17) is 4.98 Å². The van der Waals surface area contributed by atoms with Gasteiger partial charge in [0.2, 0.25) is 0 Å². The molecular weight excluding hydrogens is 374 g/mol. The van der Waals surface area contributed by atoms with Crippen LogP contribution in [0, 0.1) is 6.92 Å². The van der Waals surface area contributed by atoms with E-state index in [0.29, 0.717) is 22.3 Å². The Labute approximate surface area is 165 Å². The summed E-state index contributed by atoms with van der Waals surface area (Å²) < 4.78 is 1.43. The van der Waals surface area contributed by atoms with E-state index in [1.54, 1.807) is 38.5 Å². The van der Waals surface area contributed by atoms with Crippen molar-refractivity contribution in [3.63, 3.8) is 0 Å². The number of aryl methyl sites for hydroxylation is 1. The highest BCUT2D eigenvalue weighted by Crippen LogP contribution is 2.30. The van der Waals surface area contributed by atoms with Gasteiger partial charge in [0, 0.05) is 24.2 Å². The van der Waals surface area contributed by atoms with Crippen molar-refractivity contribution in [2.75, 3.05) is 0 Å². The molecule has 4 rings (SSSR count). The standard InChI is InChI=1S/C20H19N5O2S/c1-12-22-9-16(28-12)15-7-14-18(17(24-15)13-5-4-6-21-8-13)23-11-25(19(14)26)10-20(2,3)27/h4-9,11,27H,10H2,1-3H3. The molecule has 142 valence electrons. The molecule has 0 saturated carbocycles. The molecular formula is C20H19N5O2S. The first kappa shape index (κ1) is 18.4. The van der Waals surface area contributed by atoms with Gasteiger partial charge in [-0.25, -0.2) is 15.0 Å². The zero-order chi connectivity index (χ0) is 19.9. The molecule has 4 heterocycles. The molecule has 7 nitrogen and oxygen atoms in total. The number of rotatable bonds is 4. The van der Waals surface area contributed by atoms with E-state index in [2.05, 4.69) is 15.0 Å². The second-order valence-corrected chi connectivity index (χ2v) is 8.46. The van der Waals surface area contributed by atoms with Gasteiger partial charge in [0.25, 0.3) is 5.56 Å². The molecule has 0 spiro atoms. The van der Waals surface area contributed by atoms with Gasteiger partial charge in [-0.3, -0.25) is 14.3 Å². The number of aromatic nitrogens is 5. The molecule has 1 N–H and O–H groups in total. The highest BCUT2D eigenvalue weighted by molar-refractivity contribution is 7.15. The summed E-state index contributed by atoms with van der Waals surface area (Å²) in [5.74, 6) is 0. The summed E-state index contributed by atoms with van der Waals surface area (Å²) in [5, 5.41) is 11.5. The molecule has 0 bridgehead atoms. The fourth-order valence-corrected chi connectivity index (χ4v) is 3.74. The van der Waals surface area contributed by atoms with E-state index < -0.39 is 5.60 Å². The van der Waals surface area contributed by atoms with Crippen LogP contribution in [0.3, 0.4) is 0 Å². The lowest BCUT2D eigenvalue weighted by Crippen LogP contribution is -2.33. The lowest BCUT2D eigenvalue weighted by Gasteiger charge is -2.18. The zero-order valence-electron chi connectivity index (χ0n) is 15.7. The van der Waals surface area contributed by atoms with Gasteiger partial charge in [-0.2, -0.15) is 0 Å². The lowest BCUT2D eigenvalue weighted by molar-refractivity contribution is 0.0603. The Morgan fingerprint density at radius 1 is 1.25 bits per heavy atom. The van der Waals surface area contributed by atoms with Gasteiger partial charge in [0.1, 0.15) is 5.52 Å². The highest BCUT2D eigenvalue weighted by Gasteiger charge is 2.19. The summed E-state index contributed by atoms with van der Waals surface area (Å²) in [4.78, 5) is 31.7. The topological polar surface area (TPSA) is 93.8 Å². The van der Waals surface area contributed by atoms with Crippen LogP contribution in [0.5, 0.6) is 0 Å². The van der Waals surface area contributed by atoms with E-state index >= 15 is 0 Å². The summed E-state index contributed by atoms with van der Waals surface area (Å²) in [6.07, 6.45) is 6.60. The number of hydrogen-bond donors (Lipinski definition) is 1. The maximum Gasteiger partial charge on any atom is 0.261 e. The fourth-order valence-electron chi connectivity index (χ4n) is 3.01. The molecule has 0 atom stereocenters.